The van der Waals surface area contributed by atoms with Gasteiger partial charge in [-0.25, -0.2) is 0 Å². The summed E-state index contributed by atoms with van der Waals surface area (Å²) in [5, 5.41) is 11.6. The molecule has 0 atom stereocenters. The molecule has 0 saturated heterocycles. The van der Waals surface area contributed by atoms with Crippen LogP contribution in [0.15, 0.2) is 35.2 Å². The summed E-state index contributed by atoms with van der Waals surface area (Å²) in [6.07, 6.45) is 0. The van der Waals surface area contributed by atoms with Gasteiger partial charge in [-0.1, -0.05) is 12.1 Å². The van der Waals surface area contributed by atoms with Crippen molar-refractivity contribution in [2.24, 2.45) is 0 Å². The summed E-state index contributed by atoms with van der Waals surface area (Å²) in [5.41, 5.74) is 1.24. The predicted molar refractivity (Wildman–Crippen MR) is 65.3 cm³/mol. The Morgan fingerprint density at radius 2 is 2.00 bits per heavy atom. The molecule has 2 aromatic rings. The van der Waals surface area contributed by atoms with Crippen LogP contribution in [0.25, 0.3) is 10.8 Å². The highest BCUT2D eigenvalue weighted by molar-refractivity contribution is 7.97. The van der Waals surface area contributed by atoms with Crippen LogP contribution >= 0.6 is 11.9 Å². The molecule has 0 unspecified atom stereocenters. The van der Waals surface area contributed by atoms with Crippen molar-refractivity contribution in [1.82, 2.24) is 4.72 Å². The maximum Gasteiger partial charge on any atom is 0.116 e. The number of aryl methyl sites for hydroxylation is 1. The summed E-state index contributed by atoms with van der Waals surface area (Å²) in [6.45, 7) is 2.09. The molecule has 2 nitrogen and oxygen atoms in total. The minimum atomic E-state index is 0.312. The maximum atomic E-state index is 9.40. The van der Waals surface area contributed by atoms with Crippen LogP contribution in [0.5, 0.6) is 5.75 Å². The summed E-state index contributed by atoms with van der Waals surface area (Å²) in [5.74, 6) is 0.312. The Bertz CT molecular complexity index is 496. The van der Waals surface area contributed by atoms with Crippen molar-refractivity contribution in [3.63, 3.8) is 0 Å². The van der Waals surface area contributed by atoms with E-state index >= 15 is 0 Å². The highest BCUT2D eigenvalue weighted by Crippen LogP contribution is 2.31. The van der Waals surface area contributed by atoms with E-state index < -0.39 is 0 Å². The minimum absolute atomic E-state index is 0.312. The topological polar surface area (TPSA) is 32.3 Å². The number of nitrogens with one attached hydrogen (secondary N) is 1. The fraction of sp³-hybridized carbons (Fsp3) is 0.167. The first-order valence-corrected chi connectivity index (χ1v) is 5.60. The van der Waals surface area contributed by atoms with Crippen LogP contribution in [0.1, 0.15) is 5.56 Å². The van der Waals surface area contributed by atoms with Gasteiger partial charge in [-0.3, -0.25) is 4.72 Å². The number of hydrogen-bond donors (Lipinski definition) is 2. The standard InChI is InChI=1S/C12H13NOS/c1-8-3-4-9-7-10(14)5-6-11(9)12(8)15-13-2/h3-7,13-14H,1-2H3. The molecule has 0 heterocycles. The molecule has 0 bridgehead atoms. The lowest BCUT2D eigenvalue weighted by Gasteiger charge is -2.09. The fourth-order valence-corrected chi connectivity index (χ4v) is 2.36. The third-order valence-electron chi connectivity index (χ3n) is 2.35. The van der Waals surface area contributed by atoms with Gasteiger partial charge in [-0.2, -0.15) is 0 Å². The number of phenols is 1. The Balaban J connectivity index is 2.70. The van der Waals surface area contributed by atoms with Gasteiger partial charge in [-0.15, -0.1) is 0 Å². The van der Waals surface area contributed by atoms with Gasteiger partial charge in [0.05, 0.1) is 0 Å². The van der Waals surface area contributed by atoms with E-state index in [1.54, 1.807) is 24.1 Å². The van der Waals surface area contributed by atoms with E-state index in [0.717, 1.165) is 5.39 Å². The van der Waals surface area contributed by atoms with Crippen molar-refractivity contribution in [2.75, 3.05) is 7.05 Å². The van der Waals surface area contributed by atoms with Gasteiger partial charge in [0.1, 0.15) is 5.75 Å². The van der Waals surface area contributed by atoms with Crippen LogP contribution < -0.4 is 4.72 Å². The van der Waals surface area contributed by atoms with E-state index in [4.69, 9.17) is 0 Å². The van der Waals surface area contributed by atoms with E-state index in [2.05, 4.69) is 17.7 Å². The summed E-state index contributed by atoms with van der Waals surface area (Å²) in [7, 11) is 1.91. The second-order valence-electron chi connectivity index (χ2n) is 3.42. The van der Waals surface area contributed by atoms with Gasteiger partial charge in [-0.05, 0) is 60.5 Å². The molecule has 0 aliphatic rings. The smallest absolute Gasteiger partial charge is 0.116 e. The first-order chi connectivity index (χ1) is 7.22. The van der Waals surface area contributed by atoms with Crippen molar-refractivity contribution < 1.29 is 5.11 Å². The largest absolute Gasteiger partial charge is 0.508 e. The molecular weight excluding hydrogens is 206 g/mol. The Kier molecular flexibility index (Phi) is 2.84. The molecule has 0 spiro atoms. The quantitative estimate of drug-likeness (QED) is 0.761. The van der Waals surface area contributed by atoms with E-state index in [1.807, 2.05) is 19.2 Å². The number of rotatable bonds is 2. The SMILES string of the molecule is CNSc1c(C)ccc2cc(O)ccc12. The van der Waals surface area contributed by atoms with Gasteiger partial charge in [0, 0.05) is 4.90 Å². The van der Waals surface area contributed by atoms with E-state index in [-0.39, 0.29) is 0 Å². The minimum Gasteiger partial charge on any atom is -0.508 e. The van der Waals surface area contributed by atoms with Crippen LogP contribution in [0.4, 0.5) is 0 Å². The van der Waals surface area contributed by atoms with Crippen molar-refractivity contribution in [1.29, 1.82) is 0 Å². The lowest BCUT2D eigenvalue weighted by Crippen LogP contribution is -1.93. The van der Waals surface area contributed by atoms with Gasteiger partial charge >= 0.3 is 0 Å². The molecule has 0 radical (unpaired) electrons. The summed E-state index contributed by atoms with van der Waals surface area (Å²) in [6, 6.07) is 9.57. The zero-order valence-electron chi connectivity index (χ0n) is 8.74. The van der Waals surface area contributed by atoms with Crippen molar-refractivity contribution >= 4 is 22.7 Å². The number of benzene rings is 2. The van der Waals surface area contributed by atoms with Crippen LogP contribution in [0.3, 0.4) is 0 Å². The Labute approximate surface area is 93.4 Å². The fourth-order valence-electron chi connectivity index (χ4n) is 1.64. The Hall–Kier alpha value is -1.19. The van der Waals surface area contributed by atoms with Gasteiger partial charge < -0.3 is 5.11 Å². The first-order valence-electron chi connectivity index (χ1n) is 4.78. The second kappa shape index (κ2) is 4.13. The molecule has 0 aliphatic heterocycles. The molecule has 2 aromatic carbocycles. The molecule has 15 heavy (non-hydrogen) atoms. The number of aromatic hydroxyl groups is 1. The molecule has 2 N–H and O–H groups in total. The van der Waals surface area contributed by atoms with Crippen molar-refractivity contribution in [2.45, 2.75) is 11.8 Å². The van der Waals surface area contributed by atoms with Crippen LogP contribution in [0.2, 0.25) is 0 Å². The summed E-state index contributed by atoms with van der Waals surface area (Å²) >= 11 is 1.61. The van der Waals surface area contributed by atoms with Gasteiger partial charge in [0.15, 0.2) is 0 Å². The van der Waals surface area contributed by atoms with Gasteiger partial charge in [0.2, 0.25) is 0 Å². The third-order valence-corrected chi connectivity index (χ3v) is 3.31. The Morgan fingerprint density at radius 1 is 1.20 bits per heavy atom. The monoisotopic (exact) mass is 219 g/mol. The average molecular weight is 219 g/mol. The Morgan fingerprint density at radius 3 is 2.73 bits per heavy atom. The molecule has 0 amide bonds. The van der Waals surface area contributed by atoms with Gasteiger partial charge in [0.25, 0.3) is 0 Å². The van der Waals surface area contributed by atoms with Crippen molar-refractivity contribution in [3.05, 3.63) is 35.9 Å². The molecule has 78 valence electrons. The van der Waals surface area contributed by atoms with Crippen LogP contribution in [-0.4, -0.2) is 12.2 Å². The highest BCUT2D eigenvalue weighted by Gasteiger charge is 2.05. The van der Waals surface area contributed by atoms with Crippen LogP contribution in [0, 0.1) is 6.92 Å². The van der Waals surface area contributed by atoms with E-state index in [1.165, 1.54) is 15.8 Å². The predicted octanol–water partition coefficient (Wildman–Crippen LogP) is 3.08. The zero-order chi connectivity index (χ0) is 10.8. The molecule has 2 rings (SSSR count). The summed E-state index contributed by atoms with van der Waals surface area (Å²) in [4.78, 5) is 1.22. The number of phenolic OH excluding ortho intramolecular Hbond substituents is 1. The maximum absolute atomic E-state index is 9.40. The number of fused-ring (bicyclic) bond motifs is 1. The molecule has 0 saturated carbocycles. The molecule has 0 fully saturated rings. The van der Waals surface area contributed by atoms with E-state index in [9.17, 15) is 5.11 Å². The molecule has 3 heteroatoms. The van der Waals surface area contributed by atoms with Crippen LogP contribution in [-0.2, 0) is 0 Å². The molecule has 0 aliphatic carbocycles. The zero-order valence-corrected chi connectivity index (χ0v) is 9.56. The lowest BCUT2D eigenvalue weighted by atomic mass is 10.1. The lowest BCUT2D eigenvalue weighted by molar-refractivity contribution is 0.476. The normalized spacial score (nSPS) is 10.8. The third kappa shape index (κ3) is 1.94. The average Bonchev–Trinajstić information content (AvgIpc) is 2.22. The van der Waals surface area contributed by atoms with E-state index in [0.29, 0.717) is 5.75 Å². The molecular formula is C12H13NOS. The number of hydrogen-bond acceptors (Lipinski definition) is 3. The summed E-state index contributed by atoms with van der Waals surface area (Å²) < 4.78 is 3.09. The van der Waals surface area contributed by atoms with Crippen molar-refractivity contribution in [3.8, 4) is 5.75 Å². The second-order valence-corrected chi connectivity index (χ2v) is 4.44. The molecule has 0 aromatic heterocycles. The first kappa shape index (κ1) is 10.3. The highest BCUT2D eigenvalue weighted by atomic mass is 32.2.